The fraction of sp³-hybridized carbons (Fsp3) is 0.111. The lowest BCUT2D eigenvalue weighted by Gasteiger charge is -2.07. The van der Waals surface area contributed by atoms with Crippen LogP contribution < -0.4 is 4.74 Å². The van der Waals surface area contributed by atoms with Gasteiger partial charge in [0.1, 0.15) is 12.0 Å². The van der Waals surface area contributed by atoms with Crippen molar-refractivity contribution < 1.29 is 9.13 Å². The molecule has 0 unspecified atom stereocenters. The molecule has 0 saturated heterocycles. The Morgan fingerprint density at radius 1 is 1.16 bits per heavy atom. The number of ether oxygens (including phenoxy) is 1. The molecule has 0 bridgehead atoms. The molecule has 7 heteroatoms. The standard InChI is InChI=1S/C18H14FN5O/c1-11-5-6-21-18(23-11)25-16-4-3-12(7-15(16)19)14-9-24(2)17-13(14)8-20-10-22-17/h3-10H,1-2H3. The van der Waals surface area contributed by atoms with Crippen molar-refractivity contribution in [2.75, 3.05) is 0 Å². The lowest BCUT2D eigenvalue weighted by Crippen LogP contribution is -1.95. The molecular weight excluding hydrogens is 321 g/mol. The molecule has 0 aliphatic heterocycles. The predicted octanol–water partition coefficient (Wildman–Crippen LogP) is 3.67. The molecule has 0 saturated carbocycles. The number of rotatable bonds is 3. The van der Waals surface area contributed by atoms with Gasteiger partial charge >= 0.3 is 6.01 Å². The lowest BCUT2D eigenvalue weighted by molar-refractivity contribution is 0.410. The summed E-state index contributed by atoms with van der Waals surface area (Å²) in [5, 5.41) is 0.861. The summed E-state index contributed by atoms with van der Waals surface area (Å²) in [5.41, 5.74) is 3.11. The zero-order valence-electron chi connectivity index (χ0n) is 13.6. The summed E-state index contributed by atoms with van der Waals surface area (Å²) >= 11 is 0. The van der Waals surface area contributed by atoms with E-state index in [9.17, 15) is 4.39 Å². The van der Waals surface area contributed by atoms with Gasteiger partial charge in [0.25, 0.3) is 0 Å². The van der Waals surface area contributed by atoms with E-state index in [2.05, 4.69) is 19.9 Å². The number of hydrogen-bond acceptors (Lipinski definition) is 5. The molecule has 0 atom stereocenters. The Kier molecular flexibility index (Phi) is 3.61. The van der Waals surface area contributed by atoms with E-state index < -0.39 is 5.82 Å². The molecule has 0 spiro atoms. The molecule has 4 aromatic rings. The molecule has 0 aliphatic rings. The van der Waals surface area contributed by atoms with E-state index >= 15 is 0 Å². The molecule has 0 amide bonds. The Morgan fingerprint density at radius 3 is 2.84 bits per heavy atom. The van der Waals surface area contributed by atoms with Gasteiger partial charge < -0.3 is 9.30 Å². The number of benzene rings is 1. The average Bonchev–Trinajstić information content (AvgIpc) is 2.94. The van der Waals surface area contributed by atoms with Crippen LogP contribution in [0.25, 0.3) is 22.2 Å². The first-order valence-electron chi connectivity index (χ1n) is 7.64. The van der Waals surface area contributed by atoms with Gasteiger partial charge in [0.2, 0.25) is 0 Å². The summed E-state index contributed by atoms with van der Waals surface area (Å²) in [5.74, 6) is -0.415. The zero-order chi connectivity index (χ0) is 17.4. The molecule has 0 fully saturated rings. The summed E-state index contributed by atoms with van der Waals surface area (Å²) in [6, 6.07) is 6.64. The molecule has 0 N–H and O–H groups in total. The molecule has 0 radical (unpaired) electrons. The van der Waals surface area contributed by atoms with Crippen LogP contribution in [0, 0.1) is 12.7 Å². The molecule has 1 aromatic carbocycles. The maximum absolute atomic E-state index is 14.5. The first-order valence-corrected chi connectivity index (χ1v) is 7.64. The number of nitrogens with zero attached hydrogens (tertiary/aromatic N) is 5. The van der Waals surface area contributed by atoms with Crippen molar-refractivity contribution in [3.05, 3.63) is 60.7 Å². The van der Waals surface area contributed by atoms with Gasteiger partial charge in [-0.05, 0) is 30.7 Å². The minimum Gasteiger partial charge on any atom is -0.421 e. The second kappa shape index (κ2) is 5.94. The first-order chi connectivity index (χ1) is 12.1. The fourth-order valence-corrected chi connectivity index (χ4v) is 2.67. The topological polar surface area (TPSA) is 65.7 Å². The van der Waals surface area contributed by atoms with Crippen molar-refractivity contribution in [1.29, 1.82) is 0 Å². The first kappa shape index (κ1) is 15.2. The van der Waals surface area contributed by atoms with E-state index in [1.165, 1.54) is 12.4 Å². The van der Waals surface area contributed by atoms with Crippen LogP contribution in [-0.2, 0) is 7.05 Å². The normalized spacial score (nSPS) is 11.0. The second-order valence-electron chi connectivity index (χ2n) is 5.64. The third-order valence-electron chi connectivity index (χ3n) is 3.86. The van der Waals surface area contributed by atoms with Crippen LogP contribution in [0.4, 0.5) is 4.39 Å². The number of hydrogen-bond donors (Lipinski definition) is 0. The van der Waals surface area contributed by atoms with Gasteiger partial charge in [-0.2, -0.15) is 0 Å². The van der Waals surface area contributed by atoms with Crippen molar-refractivity contribution in [2.45, 2.75) is 6.92 Å². The Labute approximate surface area is 143 Å². The number of aryl methyl sites for hydroxylation is 2. The number of fused-ring (bicyclic) bond motifs is 1. The van der Waals surface area contributed by atoms with Gasteiger partial charge in [-0.15, -0.1) is 0 Å². The SMILES string of the molecule is Cc1ccnc(Oc2ccc(-c3cn(C)c4ncncc34)cc2F)n1. The maximum Gasteiger partial charge on any atom is 0.322 e. The van der Waals surface area contributed by atoms with Crippen LogP contribution in [0.2, 0.25) is 0 Å². The third-order valence-corrected chi connectivity index (χ3v) is 3.86. The molecular formula is C18H14FN5O. The van der Waals surface area contributed by atoms with Gasteiger partial charge in [-0.3, -0.25) is 0 Å². The quantitative estimate of drug-likeness (QED) is 0.571. The summed E-state index contributed by atoms with van der Waals surface area (Å²) in [6.45, 7) is 1.82. The van der Waals surface area contributed by atoms with Crippen LogP contribution >= 0.6 is 0 Å². The molecule has 25 heavy (non-hydrogen) atoms. The smallest absolute Gasteiger partial charge is 0.322 e. The number of halogens is 1. The largest absolute Gasteiger partial charge is 0.421 e. The highest BCUT2D eigenvalue weighted by Gasteiger charge is 2.13. The zero-order valence-corrected chi connectivity index (χ0v) is 13.6. The van der Waals surface area contributed by atoms with E-state index in [1.807, 2.05) is 24.7 Å². The van der Waals surface area contributed by atoms with Crippen molar-refractivity contribution in [3.8, 4) is 22.9 Å². The van der Waals surface area contributed by atoms with E-state index in [0.717, 1.165) is 27.9 Å². The van der Waals surface area contributed by atoms with E-state index in [1.54, 1.807) is 30.6 Å². The average molecular weight is 335 g/mol. The van der Waals surface area contributed by atoms with E-state index in [4.69, 9.17) is 4.74 Å². The van der Waals surface area contributed by atoms with Gasteiger partial charge in [0, 0.05) is 42.3 Å². The van der Waals surface area contributed by atoms with Gasteiger partial charge in [0.05, 0.1) is 0 Å². The van der Waals surface area contributed by atoms with Crippen molar-refractivity contribution in [2.24, 2.45) is 7.05 Å². The predicted molar refractivity (Wildman–Crippen MR) is 90.7 cm³/mol. The number of aromatic nitrogens is 5. The molecule has 0 aliphatic carbocycles. The minimum absolute atomic E-state index is 0.0748. The van der Waals surface area contributed by atoms with Crippen LogP contribution in [0.1, 0.15) is 5.69 Å². The van der Waals surface area contributed by atoms with Crippen LogP contribution in [-0.4, -0.2) is 24.5 Å². The minimum atomic E-state index is -0.489. The van der Waals surface area contributed by atoms with Crippen LogP contribution in [0.15, 0.2) is 49.2 Å². The maximum atomic E-state index is 14.5. The van der Waals surface area contributed by atoms with E-state index in [-0.39, 0.29) is 11.8 Å². The van der Waals surface area contributed by atoms with Crippen molar-refractivity contribution in [3.63, 3.8) is 0 Å². The lowest BCUT2D eigenvalue weighted by atomic mass is 10.1. The monoisotopic (exact) mass is 335 g/mol. The summed E-state index contributed by atoms with van der Waals surface area (Å²) < 4.78 is 21.8. The Bertz CT molecular complexity index is 1080. The third kappa shape index (κ3) is 2.80. The second-order valence-corrected chi connectivity index (χ2v) is 5.64. The highest BCUT2D eigenvalue weighted by Crippen LogP contribution is 2.32. The Balaban J connectivity index is 1.72. The summed E-state index contributed by atoms with van der Waals surface area (Å²) in [7, 11) is 1.89. The summed E-state index contributed by atoms with van der Waals surface area (Å²) in [6.07, 6.45) is 6.68. The molecule has 4 rings (SSSR count). The molecule has 6 nitrogen and oxygen atoms in total. The fourth-order valence-electron chi connectivity index (χ4n) is 2.67. The van der Waals surface area contributed by atoms with E-state index in [0.29, 0.717) is 0 Å². The molecule has 3 heterocycles. The van der Waals surface area contributed by atoms with Crippen molar-refractivity contribution >= 4 is 11.0 Å². The highest BCUT2D eigenvalue weighted by molar-refractivity contribution is 5.93. The molecule has 124 valence electrons. The Hall–Kier alpha value is -3.35. The van der Waals surface area contributed by atoms with Crippen LogP contribution in [0.3, 0.4) is 0 Å². The van der Waals surface area contributed by atoms with Gasteiger partial charge in [-0.1, -0.05) is 6.07 Å². The van der Waals surface area contributed by atoms with Gasteiger partial charge in [0.15, 0.2) is 11.6 Å². The van der Waals surface area contributed by atoms with Crippen molar-refractivity contribution in [1.82, 2.24) is 24.5 Å². The van der Waals surface area contributed by atoms with Crippen LogP contribution in [0.5, 0.6) is 11.8 Å². The van der Waals surface area contributed by atoms with Gasteiger partial charge in [-0.25, -0.2) is 24.3 Å². The summed E-state index contributed by atoms with van der Waals surface area (Å²) in [4.78, 5) is 16.4. The highest BCUT2D eigenvalue weighted by atomic mass is 19.1. The molecule has 3 aromatic heterocycles. The Morgan fingerprint density at radius 2 is 2.04 bits per heavy atom.